The summed E-state index contributed by atoms with van der Waals surface area (Å²) in [4.78, 5) is 7.62. The van der Waals surface area contributed by atoms with Crippen LogP contribution in [0.2, 0.25) is 0 Å². The number of aliphatic hydroxyl groups excluding tert-OH is 1. The largest absolute Gasteiger partial charge is 0.395 e. The second kappa shape index (κ2) is 4.34. The van der Waals surface area contributed by atoms with Crippen LogP contribution in [0.1, 0.15) is 0 Å². The van der Waals surface area contributed by atoms with Gasteiger partial charge < -0.3 is 10.4 Å². The summed E-state index contributed by atoms with van der Waals surface area (Å²) in [6.07, 6.45) is 3.54. The van der Waals surface area contributed by atoms with Crippen molar-refractivity contribution in [2.75, 3.05) is 24.7 Å². The van der Waals surface area contributed by atoms with E-state index in [2.05, 4.69) is 15.3 Å². The molecule has 0 aliphatic carbocycles. The van der Waals surface area contributed by atoms with Crippen LogP contribution in [0, 0.1) is 0 Å². The Morgan fingerprint density at radius 1 is 1.43 bits per heavy atom. The SMILES string of the molecule is CS(=O)(=O)c1cnc(NCCO)nc1. The van der Waals surface area contributed by atoms with Crippen LogP contribution in [0.5, 0.6) is 0 Å². The Hall–Kier alpha value is -1.21. The molecule has 0 amide bonds. The monoisotopic (exact) mass is 217 g/mol. The molecule has 0 fully saturated rings. The zero-order chi connectivity index (χ0) is 10.6. The van der Waals surface area contributed by atoms with Gasteiger partial charge in [0.1, 0.15) is 4.90 Å². The molecule has 1 rings (SSSR count). The third-order valence-electron chi connectivity index (χ3n) is 1.45. The van der Waals surface area contributed by atoms with E-state index in [-0.39, 0.29) is 11.5 Å². The van der Waals surface area contributed by atoms with E-state index in [1.165, 1.54) is 12.4 Å². The maximum Gasteiger partial charge on any atom is 0.222 e. The molecule has 0 spiro atoms. The predicted molar refractivity (Wildman–Crippen MR) is 50.7 cm³/mol. The van der Waals surface area contributed by atoms with E-state index in [1.807, 2.05) is 0 Å². The fourth-order valence-corrected chi connectivity index (χ4v) is 1.26. The average Bonchev–Trinajstić information content (AvgIpc) is 2.14. The van der Waals surface area contributed by atoms with Gasteiger partial charge in [0, 0.05) is 12.8 Å². The molecule has 0 aromatic carbocycles. The topological polar surface area (TPSA) is 92.2 Å². The van der Waals surface area contributed by atoms with Crippen molar-refractivity contribution in [3.8, 4) is 0 Å². The lowest BCUT2D eigenvalue weighted by Gasteiger charge is -2.02. The normalized spacial score (nSPS) is 11.3. The van der Waals surface area contributed by atoms with E-state index in [0.29, 0.717) is 12.5 Å². The zero-order valence-electron chi connectivity index (χ0n) is 7.64. The Balaban J connectivity index is 2.79. The van der Waals surface area contributed by atoms with Crippen LogP contribution in [0.25, 0.3) is 0 Å². The van der Waals surface area contributed by atoms with Gasteiger partial charge in [-0.05, 0) is 0 Å². The van der Waals surface area contributed by atoms with Gasteiger partial charge in [-0.2, -0.15) is 0 Å². The van der Waals surface area contributed by atoms with Crippen molar-refractivity contribution in [1.29, 1.82) is 0 Å². The third-order valence-corrected chi connectivity index (χ3v) is 2.52. The molecule has 0 radical (unpaired) electrons. The lowest BCUT2D eigenvalue weighted by molar-refractivity contribution is 0.311. The van der Waals surface area contributed by atoms with E-state index in [4.69, 9.17) is 5.11 Å². The molecule has 14 heavy (non-hydrogen) atoms. The maximum atomic E-state index is 11.0. The number of aromatic nitrogens is 2. The Labute approximate surface area is 81.9 Å². The molecule has 1 heterocycles. The quantitative estimate of drug-likeness (QED) is 0.691. The molecule has 1 aromatic rings. The van der Waals surface area contributed by atoms with E-state index in [1.54, 1.807) is 0 Å². The number of rotatable bonds is 4. The summed E-state index contributed by atoms with van der Waals surface area (Å²) in [5, 5.41) is 11.2. The van der Waals surface area contributed by atoms with E-state index in [0.717, 1.165) is 6.26 Å². The summed E-state index contributed by atoms with van der Waals surface area (Å²) in [7, 11) is -3.24. The minimum atomic E-state index is -3.24. The first-order valence-electron chi connectivity index (χ1n) is 3.91. The molecule has 0 saturated carbocycles. The number of sulfone groups is 1. The van der Waals surface area contributed by atoms with E-state index >= 15 is 0 Å². The van der Waals surface area contributed by atoms with Crippen LogP contribution in [0.15, 0.2) is 17.3 Å². The summed E-state index contributed by atoms with van der Waals surface area (Å²) in [5.74, 6) is 0.298. The van der Waals surface area contributed by atoms with Crippen molar-refractivity contribution in [2.45, 2.75) is 4.90 Å². The van der Waals surface area contributed by atoms with Gasteiger partial charge in [-0.1, -0.05) is 0 Å². The summed E-state index contributed by atoms with van der Waals surface area (Å²) in [5.41, 5.74) is 0. The molecule has 0 atom stereocenters. The second-order valence-corrected chi connectivity index (χ2v) is 4.68. The van der Waals surface area contributed by atoms with Crippen molar-refractivity contribution in [3.05, 3.63) is 12.4 Å². The molecule has 6 nitrogen and oxygen atoms in total. The highest BCUT2D eigenvalue weighted by molar-refractivity contribution is 7.90. The Kier molecular flexibility index (Phi) is 3.37. The van der Waals surface area contributed by atoms with Gasteiger partial charge in [-0.15, -0.1) is 0 Å². The van der Waals surface area contributed by atoms with Gasteiger partial charge in [0.15, 0.2) is 9.84 Å². The first kappa shape index (κ1) is 10.9. The molecule has 0 unspecified atom stereocenters. The van der Waals surface area contributed by atoms with Crippen molar-refractivity contribution in [3.63, 3.8) is 0 Å². The van der Waals surface area contributed by atoms with Gasteiger partial charge in [0.05, 0.1) is 19.0 Å². The van der Waals surface area contributed by atoms with Crippen LogP contribution in [-0.4, -0.2) is 42.9 Å². The van der Waals surface area contributed by atoms with Crippen LogP contribution in [0.3, 0.4) is 0 Å². The molecule has 1 aromatic heterocycles. The standard InChI is InChI=1S/C7H11N3O3S/c1-14(12,13)6-4-9-7(10-5-6)8-2-3-11/h4-5,11H,2-3H2,1H3,(H,8,9,10). The van der Waals surface area contributed by atoms with Crippen LogP contribution in [0.4, 0.5) is 5.95 Å². The van der Waals surface area contributed by atoms with E-state index in [9.17, 15) is 8.42 Å². The molecule has 0 saturated heterocycles. The predicted octanol–water partition coefficient (Wildman–Crippen LogP) is -0.716. The summed E-state index contributed by atoms with van der Waals surface area (Å²) in [6.45, 7) is 0.301. The van der Waals surface area contributed by atoms with Crippen LogP contribution >= 0.6 is 0 Å². The van der Waals surface area contributed by atoms with Gasteiger partial charge in [-0.3, -0.25) is 0 Å². The van der Waals surface area contributed by atoms with Crippen molar-refractivity contribution >= 4 is 15.8 Å². The third kappa shape index (κ3) is 2.93. The number of hydrogen-bond acceptors (Lipinski definition) is 6. The molecule has 7 heteroatoms. The second-order valence-electron chi connectivity index (χ2n) is 2.66. The smallest absolute Gasteiger partial charge is 0.222 e. The fourth-order valence-electron chi connectivity index (χ4n) is 0.767. The maximum absolute atomic E-state index is 11.0. The molecule has 0 aliphatic rings. The van der Waals surface area contributed by atoms with Crippen LogP contribution < -0.4 is 5.32 Å². The van der Waals surface area contributed by atoms with Gasteiger partial charge in [0.25, 0.3) is 0 Å². The summed E-state index contributed by atoms with van der Waals surface area (Å²) in [6, 6.07) is 0. The van der Waals surface area contributed by atoms with E-state index < -0.39 is 9.84 Å². The minimum Gasteiger partial charge on any atom is -0.395 e. The highest BCUT2D eigenvalue weighted by Gasteiger charge is 2.07. The van der Waals surface area contributed by atoms with Gasteiger partial charge in [0.2, 0.25) is 5.95 Å². The molecular weight excluding hydrogens is 206 g/mol. The fraction of sp³-hybridized carbons (Fsp3) is 0.429. The first-order valence-corrected chi connectivity index (χ1v) is 5.80. The number of hydrogen-bond donors (Lipinski definition) is 2. The zero-order valence-corrected chi connectivity index (χ0v) is 8.45. The van der Waals surface area contributed by atoms with Crippen LogP contribution in [-0.2, 0) is 9.84 Å². The Morgan fingerprint density at radius 2 is 2.00 bits per heavy atom. The molecule has 78 valence electrons. The molecule has 0 bridgehead atoms. The lowest BCUT2D eigenvalue weighted by atomic mass is 10.6. The number of aliphatic hydroxyl groups is 1. The average molecular weight is 217 g/mol. The summed E-state index contributed by atoms with van der Waals surface area (Å²) >= 11 is 0. The summed E-state index contributed by atoms with van der Waals surface area (Å²) < 4.78 is 22.0. The molecule has 0 aliphatic heterocycles. The Morgan fingerprint density at radius 3 is 2.43 bits per heavy atom. The van der Waals surface area contributed by atoms with Crippen molar-refractivity contribution in [2.24, 2.45) is 0 Å². The number of anilines is 1. The highest BCUT2D eigenvalue weighted by Crippen LogP contribution is 2.06. The highest BCUT2D eigenvalue weighted by atomic mass is 32.2. The van der Waals surface area contributed by atoms with Crippen molar-refractivity contribution in [1.82, 2.24) is 9.97 Å². The molecular formula is C7H11N3O3S. The van der Waals surface area contributed by atoms with Gasteiger partial charge >= 0.3 is 0 Å². The first-order chi connectivity index (χ1) is 6.54. The Bertz CT molecular complexity index is 387. The number of nitrogens with zero attached hydrogens (tertiary/aromatic N) is 2. The van der Waals surface area contributed by atoms with Crippen molar-refractivity contribution < 1.29 is 13.5 Å². The van der Waals surface area contributed by atoms with Gasteiger partial charge in [-0.25, -0.2) is 18.4 Å². The minimum absolute atomic E-state index is 0.0306. The number of nitrogens with one attached hydrogen (secondary N) is 1. The molecule has 2 N–H and O–H groups in total. The lowest BCUT2D eigenvalue weighted by Crippen LogP contribution is -2.09.